The van der Waals surface area contributed by atoms with Gasteiger partial charge in [0.05, 0.1) is 5.41 Å². The zero-order valence-corrected chi connectivity index (χ0v) is 9.62. The average molecular weight is 224 g/mol. The number of hydrogen-bond donors (Lipinski definition) is 0. The summed E-state index contributed by atoms with van der Waals surface area (Å²) in [6.07, 6.45) is 2.80. The first-order valence-corrected chi connectivity index (χ1v) is 5.46. The van der Waals surface area contributed by atoms with Crippen molar-refractivity contribution in [2.24, 2.45) is 5.41 Å². The molecule has 88 valence electrons. The van der Waals surface area contributed by atoms with Crippen LogP contribution in [-0.2, 0) is 19.1 Å². The van der Waals surface area contributed by atoms with Crippen LogP contribution in [0.4, 0.5) is 0 Å². The summed E-state index contributed by atoms with van der Waals surface area (Å²) in [6.45, 7) is 7.09. The summed E-state index contributed by atoms with van der Waals surface area (Å²) in [4.78, 5) is 22.9. The van der Waals surface area contributed by atoms with Crippen LogP contribution in [0.15, 0.2) is 12.7 Å². The lowest BCUT2D eigenvalue weighted by Gasteiger charge is -2.38. The molecule has 0 amide bonds. The molecule has 1 heterocycles. The Morgan fingerprint density at radius 3 is 2.88 bits per heavy atom. The van der Waals surface area contributed by atoms with Gasteiger partial charge >= 0.3 is 11.9 Å². The summed E-state index contributed by atoms with van der Waals surface area (Å²) < 4.78 is 10.6. The van der Waals surface area contributed by atoms with Gasteiger partial charge in [0.2, 0.25) is 0 Å². The molecule has 2 bridgehead atoms. The normalized spacial score (nSPS) is 41.4. The third kappa shape index (κ3) is 1.52. The van der Waals surface area contributed by atoms with E-state index in [9.17, 15) is 9.59 Å². The quantitative estimate of drug-likeness (QED) is 0.528. The Hall–Kier alpha value is -1.32. The van der Waals surface area contributed by atoms with Crippen LogP contribution in [0.3, 0.4) is 0 Å². The van der Waals surface area contributed by atoms with Gasteiger partial charge in [0.15, 0.2) is 0 Å². The Kier molecular flexibility index (Phi) is 2.33. The monoisotopic (exact) mass is 224 g/mol. The van der Waals surface area contributed by atoms with Gasteiger partial charge in [-0.2, -0.15) is 0 Å². The van der Waals surface area contributed by atoms with Crippen molar-refractivity contribution in [3.05, 3.63) is 12.7 Å². The van der Waals surface area contributed by atoms with Gasteiger partial charge in [-0.05, 0) is 26.7 Å². The molecule has 0 aromatic rings. The first-order valence-electron chi connectivity index (χ1n) is 5.46. The highest BCUT2D eigenvalue weighted by molar-refractivity contribution is 5.82. The molecule has 1 saturated carbocycles. The number of hydrogen-bond acceptors (Lipinski definition) is 4. The SMILES string of the molecule is C=CC(=O)OC1(C)CCC2(C)CC1OC2=O. The highest BCUT2D eigenvalue weighted by Gasteiger charge is 2.58. The summed E-state index contributed by atoms with van der Waals surface area (Å²) in [5, 5.41) is 0. The summed E-state index contributed by atoms with van der Waals surface area (Å²) in [5.74, 6) is -0.634. The van der Waals surface area contributed by atoms with E-state index in [1.165, 1.54) is 0 Å². The van der Waals surface area contributed by atoms with Gasteiger partial charge in [-0.1, -0.05) is 6.58 Å². The van der Waals surface area contributed by atoms with E-state index in [1.807, 2.05) is 13.8 Å². The first kappa shape index (κ1) is 11.2. The number of esters is 2. The van der Waals surface area contributed by atoms with Crippen molar-refractivity contribution in [3.63, 3.8) is 0 Å². The molecule has 0 aromatic carbocycles. The molecule has 1 aliphatic heterocycles. The molecule has 0 spiro atoms. The molecule has 0 radical (unpaired) electrons. The number of fused-ring (bicyclic) bond motifs is 2. The van der Waals surface area contributed by atoms with E-state index < -0.39 is 11.6 Å². The third-order valence-electron chi connectivity index (χ3n) is 3.73. The lowest BCUT2D eigenvalue weighted by molar-refractivity contribution is -0.172. The van der Waals surface area contributed by atoms with Crippen molar-refractivity contribution in [2.75, 3.05) is 0 Å². The number of ether oxygens (including phenoxy) is 2. The number of carbonyl (C=O) groups excluding carboxylic acids is 2. The van der Waals surface area contributed by atoms with Gasteiger partial charge in [-0.25, -0.2) is 4.79 Å². The fourth-order valence-electron chi connectivity index (χ4n) is 2.42. The molecule has 2 fully saturated rings. The first-order chi connectivity index (χ1) is 7.39. The molecule has 4 nitrogen and oxygen atoms in total. The fraction of sp³-hybridized carbons (Fsp3) is 0.667. The Labute approximate surface area is 94.6 Å². The topological polar surface area (TPSA) is 52.6 Å². The van der Waals surface area contributed by atoms with Crippen LogP contribution in [0.5, 0.6) is 0 Å². The largest absolute Gasteiger partial charge is 0.458 e. The molecule has 1 saturated heterocycles. The van der Waals surface area contributed by atoms with Crippen LogP contribution < -0.4 is 0 Å². The minimum Gasteiger partial charge on any atom is -0.458 e. The molecule has 16 heavy (non-hydrogen) atoms. The molecule has 2 aliphatic rings. The van der Waals surface area contributed by atoms with Crippen molar-refractivity contribution < 1.29 is 19.1 Å². The van der Waals surface area contributed by atoms with Crippen LogP contribution in [0, 0.1) is 5.41 Å². The molecular formula is C12H16O4. The predicted molar refractivity (Wildman–Crippen MR) is 56.5 cm³/mol. The van der Waals surface area contributed by atoms with Crippen molar-refractivity contribution >= 4 is 11.9 Å². The van der Waals surface area contributed by atoms with Crippen molar-refractivity contribution in [1.29, 1.82) is 0 Å². The van der Waals surface area contributed by atoms with E-state index in [4.69, 9.17) is 9.47 Å². The Balaban J connectivity index is 2.18. The molecule has 4 heteroatoms. The number of carbonyl (C=O) groups is 2. The van der Waals surface area contributed by atoms with Crippen molar-refractivity contribution in [1.82, 2.24) is 0 Å². The van der Waals surface area contributed by atoms with E-state index in [2.05, 4.69) is 6.58 Å². The van der Waals surface area contributed by atoms with Crippen LogP contribution in [-0.4, -0.2) is 23.6 Å². The smallest absolute Gasteiger partial charge is 0.330 e. The molecule has 3 atom stereocenters. The summed E-state index contributed by atoms with van der Waals surface area (Å²) >= 11 is 0. The molecule has 0 aromatic heterocycles. The van der Waals surface area contributed by atoms with E-state index in [-0.39, 0.29) is 17.5 Å². The van der Waals surface area contributed by atoms with Gasteiger partial charge in [0, 0.05) is 12.5 Å². The Morgan fingerprint density at radius 1 is 1.56 bits per heavy atom. The molecule has 2 rings (SSSR count). The van der Waals surface area contributed by atoms with E-state index in [0.717, 1.165) is 6.08 Å². The van der Waals surface area contributed by atoms with Gasteiger partial charge in [0.25, 0.3) is 0 Å². The lowest BCUT2D eigenvalue weighted by Crippen LogP contribution is -2.46. The summed E-state index contributed by atoms with van der Waals surface area (Å²) in [6, 6.07) is 0. The van der Waals surface area contributed by atoms with Gasteiger partial charge in [-0.3, -0.25) is 4.79 Å². The maximum Gasteiger partial charge on any atom is 0.330 e. The summed E-state index contributed by atoms with van der Waals surface area (Å²) in [7, 11) is 0. The second-order valence-corrected chi connectivity index (χ2v) is 5.10. The fourth-order valence-corrected chi connectivity index (χ4v) is 2.42. The maximum absolute atomic E-state index is 11.6. The van der Waals surface area contributed by atoms with Gasteiger partial charge in [-0.15, -0.1) is 0 Å². The zero-order chi connectivity index (χ0) is 12.0. The Morgan fingerprint density at radius 2 is 2.25 bits per heavy atom. The van der Waals surface area contributed by atoms with Gasteiger partial charge in [0.1, 0.15) is 11.7 Å². The maximum atomic E-state index is 11.6. The van der Waals surface area contributed by atoms with Crippen LogP contribution in [0.1, 0.15) is 33.1 Å². The Bertz CT molecular complexity index is 362. The highest BCUT2D eigenvalue weighted by Crippen LogP contribution is 2.49. The van der Waals surface area contributed by atoms with E-state index in [1.54, 1.807) is 0 Å². The van der Waals surface area contributed by atoms with Crippen molar-refractivity contribution in [3.8, 4) is 0 Å². The second-order valence-electron chi connectivity index (χ2n) is 5.10. The summed E-state index contributed by atoms with van der Waals surface area (Å²) in [5.41, 5.74) is -1.08. The zero-order valence-electron chi connectivity index (χ0n) is 9.62. The predicted octanol–water partition coefficient (Wildman–Crippen LogP) is 1.59. The van der Waals surface area contributed by atoms with Crippen LogP contribution in [0.2, 0.25) is 0 Å². The molecule has 0 N–H and O–H groups in total. The average Bonchev–Trinajstić information content (AvgIpc) is 2.49. The highest BCUT2D eigenvalue weighted by atomic mass is 16.6. The lowest BCUT2D eigenvalue weighted by atomic mass is 9.71. The number of rotatable bonds is 2. The second kappa shape index (κ2) is 3.34. The van der Waals surface area contributed by atoms with Crippen molar-refractivity contribution in [2.45, 2.75) is 44.8 Å². The molecule has 1 aliphatic carbocycles. The third-order valence-corrected chi connectivity index (χ3v) is 3.73. The minimum atomic E-state index is -0.697. The van der Waals surface area contributed by atoms with Gasteiger partial charge < -0.3 is 9.47 Å². The van der Waals surface area contributed by atoms with Crippen LogP contribution >= 0.6 is 0 Å². The minimum absolute atomic E-state index is 0.170. The molecular weight excluding hydrogens is 208 g/mol. The van der Waals surface area contributed by atoms with E-state index >= 15 is 0 Å². The standard InChI is InChI=1S/C12H16O4/c1-4-9(13)16-12(3)6-5-11(2)7-8(12)15-10(11)14/h4,8H,1,5-7H2,2-3H3. The molecule has 3 unspecified atom stereocenters. The van der Waals surface area contributed by atoms with Crippen LogP contribution in [0.25, 0.3) is 0 Å². The van der Waals surface area contributed by atoms with E-state index in [0.29, 0.717) is 19.3 Å².